The van der Waals surface area contributed by atoms with Crippen LogP contribution in [0, 0.1) is 0 Å². The molecule has 4 heteroatoms. The number of benzene rings is 1. The predicted octanol–water partition coefficient (Wildman–Crippen LogP) is 2.87. The first-order valence-corrected chi connectivity index (χ1v) is 6.51. The van der Waals surface area contributed by atoms with Crippen LogP contribution in [0.4, 0.5) is 5.69 Å². The van der Waals surface area contributed by atoms with Crippen LogP contribution in [0.5, 0.6) is 11.5 Å². The molecule has 1 aromatic rings. The molecule has 0 amide bonds. The van der Waals surface area contributed by atoms with E-state index >= 15 is 0 Å². The Kier molecular flexibility index (Phi) is 5.93. The van der Waals surface area contributed by atoms with Gasteiger partial charge < -0.3 is 14.8 Å². The lowest BCUT2D eigenvalue weighted by Crippen LogP contribution is -2.04. The second-order valence-electron chi connectivity index (χ2n) is 3.19. The standard InChI is InChI=1S/C12H19NO2S/c1-4-16-8-7-13-10-5-6-11(14-2)12(9-10)15-3/h5-6,9,13H,4,7-8H2,1-3H3. The highest BCUT2D eigenvalue weighted by Crippen LogP contribution is 2.29. The minimum Gasteiger partial charge on any atom is -0.493 e. The van der Waals surface area contributed by atoms with Gasteiger partial charge in [-0.15, -0.1) is 0 Å². The molecule has 0 spiro atoms. The molecule has 0 aliphatic carbocycles. The van der Waals surface area contributed by atoms with Gasteiger partial charge in [0.15, 0.2) is 11.5 Å². The Morgan fingerprint density at radius 2 is 1.94 bits per heavy atom. The van der Waals surface area contributed by atoms with Crippen LogP contribution in [0.15, 0.2) is 18.2 Å². The molecule has 16 heavy (non-hydrogen) atoms. The van der Waals surface area contributed by atoms with Crippen LogP contribution >= 0.6 is 11.8 Å². The van der Waals surface area contributed by atoms with Crippen LogP contribution in [-0.2, 0) is 0 Å². The van der Waals surface area contributed by atoms with Crippen LogP contribution in [0.3, 0.4) is 0 Å². The first-order chi connectivity index (χ1) is 7.81. The first-order valence-electron chi connectivity index (χ1n) is 5.35. The molecule has 0 unspecified atom stereocenters. The zero-order valence-electron chi connectivity index (χ0n) is 10.1. The van der Waals surface area contributed by atoms with Crippen molar-refractivity contribution in [2.45, 2.75) is 6.92 Å². The van der Waals surface area contributed by atoms with Gasteiger partial charge in [0.1, 0.15) is 0 Å². The van der Waals surface area contributed by atoms with E-state index < -0.39 is 0 Å². The molecule has 0 aliphatic heterocycles. The second kappa shape index (κ2) is 7.28. The summed E-state index contributed by atoms with van der Waals surface area (Å²) < 4.78 is 10.4. The Morgan fingerprint density at radius 3 is 2.56 bits per heavy atom. The first kappa shape index (κ1) is 13.0. The van der Waals surface area contributed by atoms with Gasteiger partial charge in [0.25, 0.3) is 0 Å². The van der Waals surface area contributed by atoms with Crippen molar-refractivity contribution in [1.82, 2.24) is 0 Å². The van der Waals surface area contributed by atoms with Crippen molar-refractivity contribution in [3.05, 3.63) is 18.2 Å². The van der Waals surface area contributed by atoms with Gasteiger partial charge in [-0.1, -0.05) is 6.92 Å². The Balaban J connectivity index is 2.54. The second-order valence-corrected chi connectivity index (χ2v) is 4.59. The van der Waals surface area contributed by atoms with E-state index in [0.717, 1.165) is 35.2 Å². The topological polar surface area (TPSA) is 30.5 Å². The summed E-state index contributed by atoms with van der Waals surface area (Å²) in [4.78, 5) is 0. The number of anilines is 1. The van der Waals surface area contributed by atoms with E-state index in [1.54, 1.807) is 14.2 Å². The Hall–Kier alpha value is -1.03. The maximum Gasteiger partial charge on any atom is 0.162 e. The Bertz CT molecular complexity index is 318. The molecule has 1 N–H and O–H groups in total. The average molecular weight is 241 g/mol. The molecule has 1 aromatic carbocycles. The van der Waals surface area contributed by atoms with Crippen molar-refractivity contribution in [1.29, 1.82) is 0 Å². The summed E-state index contributed by atoms with van der Waals surface area (Å²) >= 11 is 1.93. The molecule has 0 radical (unpaired) electrons. The number of thioether (sulfide) groups is 1. The Labute approximate surface area is 102 Å². The molecule has 0 bridgehead atoms. The molecular formula is C12H19NO2S. The molecule has 0 saturated carbocycles. The summed E-state index contributed by atoms with van der Waals surface area (Å²) in [5.41, 5.74) is 1.06. The van der Waals surface area contributed by atoms with Gasteiger partial charge in [-0.25, -0.2) is 0 Å². The SMILES string of the molecule is CCSCCNc1ccc(OC)c(OC)c1. The maximum absolute atomic E-state index is 5.23. The van der Waals surface area contributed by atoms with Gasteiger partial charge in [-0.3, -0.25) is 0 Å². The van der Waals surface area contributed by atoms with E-state index in [9.17, 15) is 0 Å². The monoisotopic (exact) mass is 241 g/mol. The fraction of sp³-hybridized carbons (Fsp3) is 0.500. The van der Waals surface area contributed by atoms with Gasteiger partial charge >= 0.3 is 0 Å². The Morgan fingerprint density at radius 1 is 1.19 bits per heavy atom. The van der Waals surface area contributed by atoms with Crippen molar-refractivity contribution in [2.75, 3.05) is 37.6 Å². The summed E-state index contributed by atoms with van der Waals surface area (Å²) in [6, 6.07) is 5.86. The van der Waals surface area contributed by atoms with E-state index in [2.05, 4.69) is 12.2 Å². The van der Waals surface area contributed by atoms with Crippen molar-refractivity contribution in [2.24, 2.45) is 0 Å². The summed E-state index contributed by atoms with van der Waals surface area (Å²) in [6.45, 7) is 3.13. The van der Waals surface area contributed by atoms with Crippen LogP contribution in [0.1, 0.15) is 6.92 Å². The molecule has 0 atom stereocenters. The van der Waals surface area contributed by atoms with E-state index in [-0.39, 0.29) is 0 Å². The third-order valence-corrected chi connectivity index (χ3v) is 3.06. The van der Waals surface area contributed by atoms with Crippen LogP contribution < -0.4 is 14.8 Å². The average Bonchev–Trinajstić information content (AvgIpc) is 2.34. The van der Waals surface area contributed by atoms with Crippen molar-refractivity contribution in [3.8, 4) is 11.5 Å². The third kappa shape index (κ3) is 3.85. The molecular weight excluding hydrogens is 222 g/mol. The zero-order chi connectivity index (χ0) is 11.8. The minimum atomic E-state index is 0.760. The van der Waals surface area contributed by atoms with Gasteiger partial charge in [0.2, 0.25) is 0 Å². The number of hydrogen-bond acceptors (Lipinski definition) is 4. The summed E-state index contributed by atoms with van der Waals surface area (Å²) in [5, 5.41) is 3.35. The van der Waals surface area contributed by atoms with Gasteiger partial charge in [-0.05, 0) is 17.9 Å². The van der Waals surface area contributed by atoms with Crippen molar-refractivity contribution in [3.63, 3.8) is 0 Å². The van der Waals surface area contributed by atoms with E-state index in [0.29, 0.717) is 0 Å². The highest BCUT2D eigenvalue weighted by atomic mass is 32.2. The lowest BCUT2D eigenvalue weighted by atomic mass is 10.2. The maximum atomic E-state index is 5.23. The molecule has 0 heterocycles. The lowest BCUT2D eigenvalue weighted by molar-refractivity contribution is 0.355. The quantitative estimate of drug-likeness (QED) is 0.744. The largest absolute Gasteiger partial charge is 0.493 e. The highest BCUT2D eigenvalue weighted by Gasteiger charge is 2.03. The van der Waals surface area contributed by atoms with Crippen LogP contribution in [0.25, 0.3) is 0 Å². The smallest absolute Gasteiger partial charge is 0.162 e. The minimum absolute atomic E-state index is 0.760. The number of rotatable bonds is 7. The molecule has 0 fully saturated rings. The van der Waals surface area contributed by atoms with Crippen LogP contribution in [0.2, 0.25) is 0 Å². The number of hydrogen-bond donors (Lipinski definition) is 1. The zero-order valence-corrected chi connectivity index (χ0v) is 10.9. The summed E-state index contributed by atoms with van der Waals surface area (Å²) in [6.07, 6.45) is 0. The lowest BCUT2D eigenvalue weighted by Gasteiger charge is -2.10. The predicted molar refractivity (Wildman–Crippen MR) is 71.0 cm³/mol. The van der Waals surface area contributed by atoms with Gasteiger partial charge in [0, 0.05) is 24.1 Å². The molecule has 0 aliphatic rings. The fourth-order valence-electron chi connectivity index (χ4n) is 1.36. The summed E-state index contributed by atoms with van der Waals surface area (Å²) in [5.74, 6) is 3.80. The van der Waals surface area contributed by atoms with E-state index in [1.807, 2.05) is 30.0 Å². The number of ether oxygens (including phenoxy) is 2. The molecule has 0 aromatic heterocycles. The number of nitrogens with one attached hydrogen (secondary N) is 1. The normalized spacial score (nSPS) is 9.94. The van der Waals surface area contributed by atoms with E-state index in [1.165, 1.54) is 0 Å². The fourth-order valence-corrected chi connectivity index (χ4v) is 1.89. The summed E-state index contributed by atoms with van der Waals surface area (Å²) in [7, 11) is 3.29. The van der Waals surface area contributed by atoms with Gasteiger partial charge in [0.05, 0.1) is 14.2 Å². The highest BCUT2D eigenvalue weighted by molar-refractivity contribution is 7.99. The van der Waals surface area contributed by atoms with Crippen LogP contribution in [-0.4, -0.2) is 32.3 Å². The third-order valence-electron chi connectivity index (χ3n) is 2.16. The van der Waals surface area contributed by atoms with Gasteiger partial charge in [-0.2, -0.15) is 11.8 Å². The molecule has 0 saturated heterocycles. The number of methoxy groups -OCH3 is 2. The molecule has 3 nitrogen and oxygen atoms in total. The van der Waals surface area contributed by atoms with E-state index in [4.69, 9.17) is 9.47 Å². The van der Waals surface area contributed by atoms with Crippen molar-refractivity contribution >= 4 is 17.4 Å². The molecule has 90 valence electrons. The van der Waals surface area contributed by atoms with Crippen molar-refractivity contribution < 1.29 is 9.47 Å². The molecule has 1 rings (SSSR count).